The van der Waals surface area contributed by atoms with E-state index in [1.54, 1.807) is 29.7 Å². The summed E-state index contributed by atoms with van der Waals surface area (Å²) in [5, 5.41) is 9.05. The van der Waals surface area contributed by atoms with Crippen LogP contribution in [0.4, 0.5) is 5.82 Å². The standard InChI is InChI=1S/C11H11N3OS/c1-8-2-3-9(16-8)4-5-11(15)13-10-6-7-12-14-10/h2-7H,1H3,(H2,12,13,14,15). The number of hydrogen-bond acceptors (Lipinski definition) is 3. The van der Waals surface area contributed by atoms with Crippen molar-refractivity contribution in [3.05, 3.63) is 40.2 Å². The van der Waals surface area contributed by atoms with E-state index in [-0.39, 0.29) is 5.91 Å². The Labute approximate surface area is 97.0 Å². The van der Waals surface area contributed by atoms with Gasteiger partial charge in [-0.05, 0) is 25.1 Å². The first-order valence-electron chi connectivity index (χ1n) is 4.79. The second kappa shape index (κ2) is 4.76. The Morgan fingerprint density at radius 3 is 3.00 bits per heavy atom. The molecule has 0 aromatic carbocycles. The van der Waals surface area contributed by atoms with Crippen molar-refractivity contribution in [3.8, 4) is 0 Å². The van der Waals surface area contributed by atoms with Crippen LogP contribution in [0.25, 0.3) is 6.08 Å². The number of aryl methyl sites for hydroxylation is 1. The fourth-order valence-electron chi connectivity index (χ4n) is 1.20. The highest BCUT2D eigenvalue weighted by molar-refractivity contribution is 7.12. The number of H-pyrrole nitrogens is 1. The van der Waals surface area contributed by atoms with Crippen LogP contribution in [-0.2, 0) is 4.79 Å². The van der Waals surface area contributed by atoms with Crippen LogP contribution < -0.4 is 5.32 Å². The lowest BCUT2D eigenvalue weighted by Gasteiger charge is -1.95. The maximum atomic E-state index is 11.4. The molecule has 0 aliphatic carbocycles. The average molecular weight is 233 g/mol. The minimum Gasteiger partial charge on any atom is -0.307 e. The van der Waals surface area contributed by atoms with Crippen molar-refractivity contribution in [3.63, 3.8) is 0 Å². The third kappa shape index (κ3) is 2.80. The van der Waals surface area contributed by atoms with Crippen LogP contribution >= 0.6 is 11.3 Å². The van der Waals surface area contributed by atoms with Crippen molar-refractivity contribution in [1.29, 1.82) is 0 Å². The molecule has 82 valence electrons. The van der Waals surface area contributed by atoms with Gasteiger partial charge in [-0.1, -0.05) is 0 Å². The maximum Gasteiger partial charge on any atom is 0.249 e. The molecule has 0 radical (unpaired) electrons. The van der Waals surface area contributed by atoms with E-state index >= 15 is 0 Å². The van der Waals surface area contributed by atoms with Crippen LogP contribution in [0.2, 0.25) is 0 Å². The number of carbonyl (C=O) groups excluding carboxylic acids is 1. The number of carbonyl (C=O) groups is 1. The highest BCUT2D eigenvalue weighted by Gasteiger charge is 1.98. The highest BCUT2D eigenvalue weighted by atomic mass is 32.1. The van der Waals surface area contributed by atoms with Crippen LogP contribution in [0.5, 0.6) is 0 Å². The number of aromatic amines is 1. The van der Waals surface area contributed by atoms with Gasteiger partial charge in [0, 0.05) is 21.9 Å². The van der Waals surface area contributed by atoms with Gasteiger partial charge in [0.15, 0.2) is 0 Å². The molecular formula is C11H11N3OS. The maximum absolute atomic E-state index is 11.4. The molecule has 0 saturated carbocycles. The van der Waals surface area contributed by atoms with Gasteiger partial charge in [0.05, 0.1) is 6.20 Å². The fourth-order valence-corrected chi connectivity index (χ4v) is 1.98. The molecule has 2 aromatic rings. The SMILES string of the molecule is Cc1ccc(C=CC(=O)Nc2ccn[nH]2)s1. The van der Waals surface area contributed by atoms with Crippen molar-refractivity contribution < 1.29 is 4.79 Å². The quantitative estimate of drug-likeness (QED) is 0.800. The molecule has 2 heterocycles. The molecule has 2 N–H and O–H groups in total. The Morgan fingerprint density at radius 1 is 1.50 bits per heavy atom. The van der Waals surface area contributed by atoms with E-state index in [9.17, 15) is 4.79 Å². The smallest absolute Gasteiger partial charge is 0.249 e. The summed E-state index contributed by atoms with van der Waals surface area (Å²) in [6.45, 7) is 2.03. The fraction of sp³-hybridized carbons (Fsp3) is 0.0909. The third-order valence-electron chi connectivity index (χ3n) is 1.92. The van der Waals surface area contributed by atoms with Crippen molar-refractivity contribution >= 4 is 29.1 Å². The summed E-state index contributed by atoms with van der Waals surface area (Å²) in [4.78, 5) is 13.7. The molecule has 2 aromatic heterocycles. The minimum atomic E-state index is -0.171. The van der Waals surface area contributed by atoms with Crippen LogP contribution in [0.1, 0.15) is 9.75 Å². The summed E-state index contributed by atoms with van der Waals surface area (Å²) in [5.41, 5.74) is 0. The van der Waals surface area contributed by atoms with Crippen molar-refractivity contribution in [2.75, 3.05) is 5.32 Å². The summed E-state index contributed by atoms with van der Waals surface area (Å²) in [6.07, 6.45) is 4.89. The number of nitrogens with one attached hydrogen (secondary N) is 2. The zero-order valence-corrected chi connectivity index (χ0v) is 9.54. The van der Waals surface area contributed by atoms with Gasteiger partial charge in [0.25, 0.3) is 0 Å². The number of anilines is 1. The third-order valence-corrected chi connectivity index (χ3v) is 2.88. The molecule has 0 atom stereocenters. The van der Waals surface area contributed by atoms with Crippen molar-refractivity contribution in [1.82, 2.24) is 10.2 Å². The summed E-state index contributed by atoms with van der Waals surface area (Å²) in [5.74, 6) is 0.423. The number of aromatic nitrogens is 2. The number of rotatable bonds is 3. The lowest BCUT2D eigenvalue weighted by Crippen LogP contribution is -2.07. The average Bonchev–Trinajstić information content (AvgIpc) is 2.87. The highest BCUT2D eigenvalue weighted by Crippen LogP contribution is 2.16. The first kappa shape index (κ1) is 10.6. The molecular weight excluding hydrogens is 222 g/mol. The van der Waals surface area contributed by atoms with Gasteiger partial charge in [-0.3, -0.25) is 9.89 Å². The Balaban J connectivity index is 1.94. The second-order valence-electron chi connectivity index (χ2n) is 3.24. The first-order chi connectivity index (χ1) is 7.74. The summed E-state index contributed by atoms with van der Waals surface area (Å²) in [7, 11) is 0. The van der Waals surface area contributed by atoms with Gasteiger partial charge in [0.2, 0.25) is 5.91 Å². The van der Waals surface area contributed by atoms with Crippen molar-refractivity contribution in [2.24, 2.45) is 0 Å². The topological polar surface area (TPSA) is 57.8 Å². The minimum absolute atomic E-state index is 0.171. The van der Waals surface area contributed by atoms with E-state index in [1.165, 1.54) is 11.0 Å². The van der Waals surface area contributed by atoms with Gasteiger partial charge in [-0.25, -0.2) is 0 Å². The molecule has 1 amide bonds. The predicted molar refractivity (Wildman–Crippen MR) is 65.3 cm³/mol. The Morgan fingerprint density at radius 2 is 2.38 bits per heavy atom. The second-order valence-corrected chi connectivity index (χ2v) is 4.56. The number of amides is 1. The summed E-state index contributed by atoms with van der Waals surface area (Å²) < 4.78 is 0. The Bertz CT molecular complexity index is 499. The Kier molecular flexibility index (Phi) is 3.16. The zero-order chi connectivity index (χ0) is 11.4. The van der Waals surface area contributed by atoms with Crippen LogP contribution in [0, 0.1) is 6.92 Å². The lowest BCUT2D eigenvalue weighted by atomic mass is 10.4. The van der Waals surface area contributed by atoms with Gasteiger partial charge < -0.3 is 5.32 Å². The molecule has 16 heavy (non-hydrogen) atoms. The largest absolute Gasteiger partial charge is 0.307 e. The van der Waals surface area contributed by atoms with Crippen LogP contribution in [0.15, 0.2) is 30.5 Å². The molecule has 0 aliphatic rings. The first-order valence-corrected chi connectivity index (χ1v) is 5.60. The van der Waals surface area contributed by atoms with Crippen molar-refractivity contribution in [2.45, 2.75) is 6.92 Å². The van der Waals surface area contributed by atoms with Gasteiger partial charge in [0.1, 0.15) is 5.82 Å². The van der Waals surface area contributed by atoms with Crippen LogP contribution in [-0.4, -0.2) is 16.1 Å². The molecule has 5 heteroatoms. The molecule has 0 unspecified atom stereocenters. The van der Waals surface area contributed by atoms with E-state index in [0.29, 0.717) is 5.82 Å². The van der Waals surface area contributed by atoms with E-state index in [4.69, 9.17) is 0 Å². The molecule has 0 aliphatic heterocycles. The molecule has 0 bridgehead atoms. The summed E-state index contributed by atoms with van der Waals surface area (Å²) in [6, 6.07) is 5.71. The predicted octanol–water partition coefficient (Wildman–Crippen LogP) is 2.43. The molecule has 4 nitrogen and oxygen atoms in total. The van der Waals surface area contributed by atoms with E-state index in [1.807, 2.05) is 19.1 Å². The lowest BCUT2D eigenvalue weighted by molar-refractivity contribution is -0.111. The number of hydrogen-bond donors (Lipinski definition) is 2. The molecule has 0 fully saturated rings. The van der Waals surface area contributed by atoms with E-state index < -0.39 is 0 Å². The van der Waals surface area contributed by atoms with E-state index in [0.717, 1.165) is 4.88 Å². The van der Waals surface area contributed by atoms with Crippen LogP contribution in [0.3, 0.4) is 0 Å². The summed E-state index contributed by atoms with van der Waals surface area (Å²) >= 11 is 1.65. The molecule has 2 rings (SSSR count). The number of nitrogens with zero attached hydrogens (tertiary/aromatic N) is 1. The normalized spacial score (nSPS) is 10.8. The van der Waals surface area contributed by atoms with E-state index in [2.05, 4.69) is 15.5 Å². The zero-order valence-electron chi connectivity index (χ0n) is 8.73. The molecule has 0 spiro atoms. The van der Waals surface area contributed by atoms with Gasteiger partial charge >= 0.3 is 0 Å². The Hall–Kier alpha value is -1.88. The van der Waals surface area contributed by atoms with Gasteiger partial charge in [-0.15, -0.1) is 11.3 Å². The number of thiophene rings is 1. The monoisotopic (exact) mass is 233 g/mol. The molecule has 0 saturated heterocycles. The van der Waals surface area contributed by atoms with Gasteiger partial charge in [-0.2, -0.15) is 5.10 Å².